The lowest BCUT2D eigenvalue weighted by Gasteiger charge is -2.57. The van der Waals surface area contributed by atoms with Crippen LogP contribution in [0.15, 0.2) is 54.6 Å². The molecule has 1 aliphatic carbocycles. The van der Waals surface area contributed by atoms with E-state index in [0.29, 0.717) is 24.1 Å². The number of phenolic OH excluding ortho intramolecular Hbond substituents is 1. The molecule has 2 bridgehead atoms. The molecule has 154 valence electrons. The van der Waals surface area contributed by atoms with Crippen LogP contribution in [0.2, 0.25) is 0 Å². The van der Waals surface area contributed by atoms with Gasteiger partial charge >= 0.3 is 5.97 Å². The van der Waals surface area contributed by atoms with Crippen molar-refractivity contribution < 1.29 is 15.0 Å². The second-order valence-electron chi connectivity index (χ2n) is 8.73. The van der Waals surface area contributed by atoms with E-state index in [1.807, 2.05) is 12.1 Å². The van der Waals surface area contributed by atoms with Gasteiger partial charge in [-0.25, -0.2) is 0 Å². The summed E-state index contributed by atoms with van der Waals surface area (Å²) in [5, 5.41) is 19.5. The van der Waals surface area contributed by atoms with Crippen molar-refractivity contribution in [2.45, 2.75) is 56.4 Å². The highest BCUT2D eigenvalue weighted by Crippen LogP contribution is 2.53. The summed E-state index contributed by atoms with van der Waals surface area (Å²) < 4.78 is 0. The molecule has 4 heteroatoms. The molecule has 2 aromatic rings. The topological polar surface area (TPSA) is 60.8 Å². The van der Waals surface area contributed by atoms with Crippen molar-refractivity contribution in [3.63, 3.8) is 0 Å². The Hall–Kier alpha value is -2.33. The Labute approximate surface area is 173 Å². The Bertz CT molecular complexity index is 837. The predicted octanol–water partition coefficient (Wildman–Crippen LogP) is 4.61. The maximum absolute atomic E-state index is 11.4. The smallest absolute Gasteiger partial charge is 0.303 e. The number of piperidine rings is 1. The van der Waals surface area contributed by atoms with Gasteiger partial charge in [-0.2, -0.15) is 0 Å². The molecule has 2 aromatic carbocycles. The highest BCUT2D eigenvalue weighted by molar-refractivity contribution is 5.66. The molecular formula is C25H31NO3. The number of phenols is 1. The van der Waals surface area contributed by atoms with Crippen LogP contribution in [0.25, 0.3) is 0 Å². The molecule has 2 fully saturated rings. The van der Waals surface area contributed by atoms with Gasteiger partial charge in [0.2, 0.25) is 0 Å². The molecule has 0 amide bonds. The molecule has 1 saturated carbocycles. The quantitative estimate of drug-likeness (QED) is 0.721. The van der Waals surface area contributed by atoms with Crippen molar-refractivity contribution in [1.82, 2.24) is 4.90 Å². The maximum atomic E-state index is 11.4. The Morgan fingerprint density at radius 3 is 2.69 bits per heavy atom. The number of aliphatic carboxylic acids is 1. The summed E-state index contributed by atoms with van der Waals surface area (Å²) in [6.07, 6.45) is 6.37. The first-order chi connectivity index (χ1) is 14.1. The monoisotopic (exact) mass is 393 g/mol. The van der Waals surface area contributed by atoms with Crippen LogP contribution in [0.1, 0.15) is 49.7 Å². The van der Waals surface area contributed by atoms with Gasteiger partial charge in [-0.1, -0.05) is 48.9 Å². The summed E-state index contributed by atoms with van der Waals surface area (Å²) in [4.78, 5) is 14.0. The Morgan fingerprint density at radius 1 is 1.10 bits per heavy atom. The van der Waals surface area contributed by atoms with Crippen LogP contribution in [-0.4, -0.2) is 40.2 Å². The molecule has 4 rings (SSSR count). The number of hydrogen-bond donors (Lipinski definition) is 2. The molecule has 0 radical (unpaired) electrons. The van der Waals surface area contributed by atoms with Crippen molar-refractivity contribution in [3.8, 4) is 5.75 Å². The SMILES string of the molecule is O=C(O)CC[C@H]1[C@@H]2CCC[C@@]1(c1cccc(O)c1)CCN2CCc1ccccc1. The molecule has 29 heavy (non-hydrogen) atoms. The first-order valence-corrected chi connectivity index (χ1v) is 10.9. The fourth-order valence-corrected chi connectivity index (χ4v) is 5.90. The average Bonchev–Trinajstić information content (AvgIpc) is 2.72. The molecule has 0 unspecified atom stereocenters. The van der Waals surface area contributed by atoms with Crippen molar-refractivity contribution in [1.29, 1.82) is 0 Å². The van der Waals surface area contributed by atoms with Gasteiger partial charge in [-0.15, -0.1) is 0 Å². The van der Waals surface area contributed by atoms with Crippen LogP contribution in [0.4, 0.5) is 0 Å². The van der Waals surface area contributed by atoms with Gasteiger partial charge in [0.25, 0.3) is 0 Å². The number of hydrogen-bond acceptors (Lipinski definition) is 3. The third kappa shape index (κ3) is 4.18. The minimum atomic E-state index is -0.712. The number of carboxylic acids is 1. The lowest BCUT2D eigenvalue weighted by Crippen LogP contribution is -2.59. The average molecular weight is 394 g/mol. The summed E-state index contributed by atoms with van der Waals surface area (Å²) >= 11 is 0. The number of carbonyl (C=O) groups is 1. The van der Waals surface area contributed by atoms with E-state index in [4.69, 9.17) is 0 Å². The molecule has 0 spiro atoms. The second-order valence-corrected chi connectivity index (χ2v) is 8.73. The molecule has 3 atom stereocenters. The minimum absolute atomic E-state index is 0.0135. The lowest BCUT2D eigenvalue weighted by atomic mass is 9.55. The summed E-state index contributed by atoms with van der Waals surface area (Å²) in [5.41, 5.74) is 2.54. The van der Waals surface area contributed by atoms with E-state index in [0.717, 1.165) is 45.2 Å². The van der Waals surface area contributed by atoms with E-state index in [1.165, 1.54) is 11.1 Å². The zero-order valence-electron chi connectivity index (χ0n) is 17.0. The van der Waals surface area contributed by atoms with Crippen molar-refractivity contribution >= 4 is 5.97 Å². The number of benzene rings is 2. The predicted molar refractivity (Wildman–Crippen MR) is 114 cm³/mol. The Kier molecular flexibility index (Phi) is 5.91. The van der Waals surface area contributed by atoms with Crippen molar-refractivity contribution in [2.75, 3.05) is 13.1 Å². The molecular weight excluding hydrogens is 362 g/mol. The Morgan fingerprint density at radius 2 is 1.93 bits per heavy atom. The van der Waals surface area contributed by atoms with Gasteiger partial charge < -0.3 is 10.2 Å². The number of carboxylic acid groups (broad SMARTS) is 1. The standard InChI is InChI=1S/C25H31NO3/c27-21-9-4-8-20(18-21)25-14-5-10-23(22(25)11-12-24(28)29)26(17-15-25)16-13-19-6-2-1-3-7-19/h1-4,6-9,18,22-23,27H,5,10-17H2,(H,28,29)/t22-,23-,25-/m0/s1. The fraction of sp³-hybridized carbons (Fsp3) is 0.480. The summed E-state index contributed by atoms with van der Waals surface area (Å²) in [5.74, 6) is -0.0864. The van der Waals surface area contributed by atoms with Gasteiger partial charge in [0.15, 0.2) is 0 Å². The number of rotatable bonds is 7. The first-order valence-electron chi connectivity index (χ1n) is 10.9. The summed E-state index contributed by atoms with van der Waals surface area (Å²) in [6, 6.07) is 18.7. The number of aromatic hydroxyl groups is 1. The van der Waals surface area contributed by atoms with Crippen LogP contribution >= 0.6 is 0 Å². The Balaban J connectivity index is 1.59. The largest absolute Gasteiger partial charge is 0.508 e. The van der Waals surface area contributed by atoms with Crippen molar-refractivity contribution in [3.05, 3.63) is 65.7 Å². The highest BCUT2D eigenvalue weighted by Gasteiger charge is 2.51. The molecule has 2 N–H and O–H groups in total. The maximum Gasteiger partial charge on any atom is 0.303 e. The number of fused-ring (bicyclic) bond motifs is 2. The number of nitrogens with zero attached hydrogens (tertiary/aromatic N) is 1. The van der Waals surface area contributed by atoms with Crippen LogP contribution in [0, 0.1) is 5.92 Å². The second kappa shape index (κ2) is 8.58. The molecule has 2 aliphatic rings. The molecule has 1 heterocycles. The van der Waals surface area contributed by atoms with Crippen LogP contribution in [-0.2, 0) is 16.6 Å². The van der Waals surface area contributed by atoms with Crippen LogP contribution < -0.4 is 0 Å². The van der Waals surface area contributed by atoms with Gasteiger partial charge in [-0.3, -0.25) is 9.69 Å². The summed E-state index contributed by atoms with van der Waals surface area (Å²) in [6.45, 7) is 2.06. The first kappa shape index (κ1) is 20.0. The van der Waals surface area contributed by atoms with Gasteiger partial charge in [0.05, 0.1) is 0 Å². The van der Waals surface area contributed by atoms with Gasteiger partial charge in [-0.05, 0) is 67.8 Å². The van der Waals surface area contributed by atoms with Gasteiger partial charge in [0, 0.05) is 24.4 Å². The van der Waals surface area contributed by atoms with E-state index in [2.05, 4.69) is 41.3 Å². The van der Waals surface area contributed by atoms with Gasteiger partial charge in [0.1, 0.15) is 5.75 Å². The highest BCUT2D eigenvalue weighted by atomic mass is 16.4. The molecule has 4 nitrogen and oxygen atoms in total. The minimum Gasteiger partial charge on any atom is -0.508 e. The number of likely N-dealkylation sites (tertiary alicyclic amines) is 1. The molecule has 0 aromatic heterocycles. The van der Waals surface area contributed by atoms with Crippen LogP contribution in [0.3, 0.4) is 0 Å². The van der Waals surface area contributed by atoms with E-state index in [9.17, 15) is 15.0 Å². The fourth-order valence-electron chi connectivity index (χ4n) is 5.90. The third-order valence-electron chi connectivity index (χ3n) is 7.23. The van der Waals surface area contributed by atoms with Crippen LogP contribution in [0.5, 0.6) is 5.75 Å². The van der Waals surface area contributed by atoms with E-state index >= 15 is 0 Å². The third-order valence-corrected chi connectivity index (χ3v) is 7.23. The zero-order chi connectivity index (χ0) is 20.3. The van der Waals surface area contributed by atoms with E-state index in [1.54, 1.807) is 6.07 Å². The summed E-state index contributed by atoms with van der Waals surface area (Å²) in [7, 11) is 0. The lowest BCUT2D eigenvalue weighted by molar-refractivity contribution is -0.138. The van der Waals surface area contributed by atoms with E-state index < -0.39 is 5.97 Å². The zero-order valence-corrected chi connectivity index (χ0v) is 17.0. The van der Waals surface area contributed by atoms with E-state index in [-0.39, 0.29) is 11.8 Å². The van der Waals surface area contributed by atoms with Crippen molar-refractivity contribution in [2.24, 2.45) is 5.92 Å². The normalized spacial score (nSPS) is 26.9. The molecule has 1 saturated heterocycles. The molecule has 1 aliphatic heterocycles.